The molecule has 7 heteroatoms. The SMILES string of the molecule is N#CCS(=O)(=O)NCC(O)c1ccc(N)cc1. The number of nitrogens with zero attached hydrogens (tertiary/aromatic N) is 1. The Balaban J connectivity index is 2.59. The van der Waals surface area contributed by atoms with E-state index in [2.05, 4.69) is 4.72 Å². The number of aliphatic hydroxyl groups excluding tert-OH is 1. The third-order valence-electron chi connectivity index (χ3n) is 2.07. The van der Waals surface area contributed by atoms with Crippen LogP contribution < -0.4 is 10.5 Å². The van der Waals surface area contributed by atoms with Crippen LogP contribution in [0, 0.1) is 11.3 Å². The number of hydrogen-bond acceptors (Lipinski definition) is 5. The minimum absolute atomic E-state index is 0.173. The molecule has 0 aliphatic heterocycles. The molecule has 0 amide bonds. The second-order valence-electron chi connectivity index (χ2n) is 3.45. The Bertz CT molecular complexity index is 505. The summed E-state index contributed by atoms with van der Waals surface area (Å²) < 4.78 is 24.5. The van der Waals surface area contributed by atoms with Gasteiger partial charge >= 0.3 is 0 Å². The van der Waals surface area contributed by atoms with Crippen LogP contribution in [0.15, 0.2) is 24.3 Å². The monoisotopic (exact) mass is 255 g/mol. The molecule has 0 fully saturated rings. The highest BCUT2D eigenvalue weighted by atomic mass is 32.2. The molecule has 0 radical (unpaired) electrons. The molecule has 1 atom stereocenters. The molecule has 0 saturated carbocycles. The average Bonchev–Trinajstić information content (AvgIpc) is 2.27. The minimum atomic E-state index is -3.64. The van der Waals surface area contributed by atoms with Gasteiger partial charge in [0, 0.05) is 12.2 Å². The van der Waals surface area contributed by atoms with Crippen molar-refractivity contribution in [3.63, 3.8) is 0 Å². The van der Waals surface area contributed by atoms with Crippen molar-refractivity contribution >= 4 is 15.7 Å². The maximum absolute atomic E-state index is 11.2. The summed E-state index contributed by atoms with van der Waals surface area (Å²) in [6.45, 7) is -0.173. The van der Waals surface area contributed by atoms with E-state index in [0.717, 1.165) is 0 Å². The van der Waals surface area contributed by atoms with E-state index in [9.17, 15) is 13.5 Å². The highest BCUT2D eigenvalue weighted by molar-refractivity contribution is 7.89. The van der Waals surface area contributed by atoms with Crippen LogP contribution in [0.2, 0.25) is 0 Å². The molecule has 1 aromatic carbocycles. The van der Waals surface area contributed by atoms with Crippen LogP contribution in [-0.4, -0.2) is 25.8 Å². The first-order chi connectivity index (χ1) is 7.94. The van der Waals surface area contributed by atoms with Crippen LogP contribution in [0.3, 0.4) is 0 Å². The molecule has 0 spiro atoms. The molecule has 17 heavy (non-hydrogen) atoms. The lowest BCUT2D eigenvalue weighted by Crippen LogP contribution is -2.30. The lowest BCUT2D eigenvalue weighted by molar-refractivity contribution is 0.182. The Morgan fingerprint density at radius 2 is 2.00 bits per heavy atom. The molecule has 1 aromatic rings. The van der Waals surface area contributed by atoms with Crippen molar-refractivity contribution in [1.82, 2.24) is 4.72 Å². The van der Waals surface area contributed by atoms with Gasteiger partial charge in [-0.3, -0.25) is 0 Å². The van der Waals surface area contributed by atoms with Crippen molar-refractivity contribution in [3.8, 4) is 6.07 Å². The zero-order valence-electron chi connectivity index (χ0n) is 9.00. The van der Waals surface area contributed by atoms with E-state index in [1.165, 1.54) is 6.07 Å². The van der Waals surface area contributed by atoms with E-state index in [1.807, 2.05) is 0 Å². The third kappa shape index (κ3) is 4.40. The van der Waals surface area contributed by atoms with Gasteiger partial charge in [0.25, 0.3) is 0 Å². The fraction of sp³-hybridized carbons (Fsp3) is 0.300. The van der Waals surface area contributed by atoms with Crippen molar-refractivity contribution in [1.29, 1.82) is 5.26 Å². The Kier molecular flexibility index (Phi) is 4.45. The van der Waals surface area contributed by atoms with Crippen LogP contribution in [0.25, 0.3) is 0 Å². The minimum Gasteiger partial charge on any atom is -0.399 e. The summed E-state index contributed by atoms with van der Waals surface area (Å²) in [6.07, 6.45) is -0.968. The Hall–Kier alpha value is -1.62. The van der Waals surface area contributed by atoms with Gasteiger partial charge in [-0.05, 0) is 17.7 Å². The smallest absolute Gasteiger partial charge is 0.225 e. The standard InChI is InChI=1S/C10H13N3O3S/c11-5-6-17(15,16)13-7-10(14)8-1-3-9(12)4-2-8/h1-4,10,13-14H,6-7,12H2. The first kappa shape index (κ1) is 13.4. The number of benzene rings is 1. The quantitative estimate of drug-likeness (QED) is 0.627. The van der Waals surface area contributed by atoms with Crippen LogP contribution in [0.4, 0.5) is 5.69 Å². The second-order valence-corrected chi connectivity index (χ2v) is 5.25. The van der Waals surface area contributed by atoms with Gasteiger partial charge in [0.15, 0.2) is 5.75 Å². The number of nitrogens with one attached hydrogen (secondary N) is 1. The molecule has 0 aliphatic rings. The molecule has 1 unspecified atom stereocenters. The zero-order valence-corrected chi connectivity index (χ0v) is 9.81. The van der Waals surface area contributed by atoms with Gasteiger partial charge in [-0.15, -0.1) is 0 Å². The fourth-order valence-corrected chi connectivity index (χ4v) is 1.86. The third-order valence-corrected chi connectivity index (χ3v) is 3.19. The summed E-state index contributed by atoms with van der Waals surface area (Å²) in [6, 6.07) is 7.98. The topological polar surface area (TPSA) is 116 Å². The number of anilines is 1. The number of rotatable bonds is 5. The molecule has 0 heterocycles. The molecular weight excluding hydrogens is 242 g/mol. The van der Waals surface area contributed by atoms with E-state index >= 15 is 0 Å². The van der Waals surface area contributed by atoms with Crippen molar-refractivity contribution in [2.45, 2.75) is 6.10 Å². The second kappa shape index (κ2) is 5.63. The summed E-state index contributed by atoms with van der Waals surface area (Å²) in [7, 11) is -3.64. The van der Waals surface area contributed by atoms with E-state index < -0.39 is 21.9 Å². The Morgan fingerprint density at radius 1 is 1.41 bits per heavy atom. The van der Waals surface area contributed by atoms with Gasteiger partial charge in [0.1, 0.15) is 0 Å². The number of nitrogens with two attached hydrogens (primary N) is 1. The van der Waals surface area contributed by atoms with Crippen LogP contribution in [-0.2, 0) is 10.0 Å². The Labute approximate surface area is 99.7 Å². The number of hydrogen-bond donors (Lipinski definition) is 3. The highest BCUT2D eigenvalue weighted by Gasteiger charge is 2.13. The lowest BCUT2D eigenvalue weighted by Gasteiger charge is -2.11. The fourth-order valence-electron chi connectivity index (χ4n) is 1.18. The number of nitriles is 1. The molecule has 1 rings (SSSR count). The molecule has 92 valence electrons. The lowest BCUT2D eigenvalue weighted by atomic mass is 10.1. The zero-order chi connectivity index (χ0) is 12.9. The molecule has 0 saturated heterocycles. The van der Waals surface area contributed by atoms with Crippen molar-refractivity contribution in [2.24, 2.45) is 0 Å². The molecular formula is C10H13N3O3S. The summed E-state index contributed by atoms with van der Waals surface area (Å²) in [5, 5.41) is 18.0. The predicted octanol–water partition coefficient (Wildman–Crippen LogP) is -0.255. The number of aliphatic hydroxyl groups is 1. The van der Waals surface area contributed by atoms with Crippen LogP contribution >= 0.6 is 0 Å². The van der Waals surface area contributed by atoms with Gasteiger partial charge in [0.2, 0.25) is 10.0 Å². The predicted molar refractivity (Wildman–Crippen MR) is 63.2 cm³/mol. The maximum Gasteiger partial charge on any atom is 0.225 e. The summed E-state index contributed by atoms with van der Waals surface area (Å²) >= 11 is 0. The van der Waals surface area contributed by atoms with Gasteiger partial charge in [-0.1, -0.05) is 12.1 Å². The molecule has 0 bridgehead atoms. The molecule has 6 nitrogen and oxygen atoms in total. The van der Waals surface area contributed by atoms with Crippen molar-refractivity contribution in [2.75, 3.05) is 18.0 Å². The maximum atomic E-state index is 11.2. The van der Waals surface area contributed by atoms with Crippen LogP contribution in [0.1, 0.15) is 11.7 Å². The largest absolute Gasteiger partial charge is 0.399 e. The van der Waals surface area contributed by atoms with Crippen molar-refractivity contribution < 1.29 is 13.5 Å². The first-order valence-corrected chi connectivity index (χ1v) is 6.47. The number of sulfonamides is 1. The normalized spacial score (nSPS) is 12.9. The Morgan fingerprint density at radius 3 is 2.53 bits per heavy atom. The van der Waals surface area contributed by atoms with E-state index in [0.29, 0.717) is 11.3 Å². The van der Waals surface area contributed by atoms with Crippen LogP contribution in [0.5, 0.6) is 0 Å². The summed E-state index contributed by atoms with van der Waals surface area (Å²) in [5.74, 6) is -0.624. The summed E-state index contributed by atoms with van der Waals surface area (Å²) in [4.78, 5) is 0. The van der Waals surface area contributed by atoms with Crippen molar-refractivity contribution in [3.05, 3.63) is 29.8 Å². The summed E-state index contributed by atoms with van der Waals surface area (Å²) in [5.41, 5.74) is 6.60. The number of nitrogen functional groups attached to an aromatic ring is 1. The first-order valence-electron chi connectivity index (χ1n) is 4.82. The van der Waals surface area contributed by atoms with E-state index in [-0.39, 0.29) is 6.54 Å². The molecule has 0 aromatic heterocycles. The van der Waals surface area contributed by atoms with E-state index in [4.69, 9.17) is 11.0 Å². The average molecular weight is 255 g/mol. The molecule has 0 aliphatic carbocycles. The van der Waals surface area contributed by atoms with Gasteiger partial charge in [0.05, 0.1) is 12.2 Å². The van der Waals surface area contributed by atoms with Gasteiger partial charge in [-0.25, -0.2) is 13.1 Å². The highest BCUT2D eigenvalue weighted by Crippen LogP contribution is 2.13. The van der Waals surface area contributed by atoms with Gasteiger partial charge < -0.3 is 10.8 Å². The molecule has 4 N–H and O–H groups in total. The van der Waals surface area contributed by atoms with E-state index in [1.54, 1.807) is 24.3 Å². The van der Waals surface area contributed by atoms with Gasteiger partial charge in [-0.2, -0.15) is 5.26 Å².